The summed E-state index contributed by atoms with van der Waals surface area (Å²) in [6.45, 7) is 3.46. The highest BCUT2D eigenvalue weighted by Gasteiger charge is 2.07. The van der Waals surface area contributed by atoms with Crippen LogP contribution in [0.25, 0.3) is 11.5 Å². The van der Waals surface area contributed by atoms with Gasteiger partial charge in [-0.05, 0) is 30.2 Å². The quantitative estimate of drug-likeness (QED) is 0.298. The molecule has 28 heavy (non-hydrogen) atoms. The molecule has 0 unspecified atom stereocenters. The van der Waals surface area contributed by atoms with Gasteiger partial charge in [0, 0.05) is 38.8 Å². The first-order chi connectivity index (χ1) is 13.2. The lowest BCUT2D eigenvalue weighted by Crippen LogP contribution is -2.38. The molecule has 3 aromatic rings. The molecule has 0 radical (unpaired) electrons. The normalized spacial score (nSPS) is 11.2. The minimum atomic E-state index is 0. The molecule has 0 atom stereocenters. The SMILES string of the molecule is CCc1noc(-c2ccc(CCNC(=NC)NCc3ccnn3C)cc2)n1.I. The summed E-state index contributed by atoms with van der Waals surface area (Å²) in [6, 6.07) is 10.2. The van der Waals surface area contributed by atoms with Gasteiger partial charge < -0.3 is 15.2 Å². The molecule has 0 aliphatic heterocycles. The van der Waals surface area contributed by atoms with E-state index in [4.69, 9.17) is 4.52 Å². The Balaban J connectivity index is 0.00000280. The fourth-order valence-electron chi connectivity index (χ4n) is 2.62. The van der Waals surface area contributed by atoms with Gasteiger partial charge in [-0.3, -0.25) is 9.67 Å². The predicted molar refractivity (Wildman–Crippen MR) is 120 cm³/mol. The van der Waals surface area contributed by atoms with Crippen LogP contribution in [0.2, 0.25) is 0 Å². The number of hydrogen-bond acceptors (Lipinski definition) is 5. The molecule has 0 bridgehead atoms. The van der Waals surface area contributed by atoms with Crippen LogP contribution >= 0.6 is 24.0 Å². The highest BCUT2D eigenvalue weighted by Crippen LogP contribution is 2.18. The van der Waals surface area contributed by atoms with Crippen molar-refractivity contribution in [3.05, 3.63) is 53.6 Å². The zero-order chi connectivity index (χ0) is 19.1. The number of rotatable bonds is 7. The number of hydrogen-bond donors (Lipinski definition) is 2. The van der Waals surface area contributed by atoms with Crippen molar-refractivity contribution < 1.29 is 4.52 Å². The maximum Gasteiger partial charge on any atom is 0.257 e. The first-order valence-corrected chi connectivity index (χ1v) is 9.03. The second-order valence-electron chi connectivity index (χ2n) is 6.11. The average molecular weight is 495 g/mol. The lowest BCUT2D eigenvalue weighted by Gasteiger charge is -2.12. The van der Waals surface area contributed by atoms with E-state index in [0.717, 1.165) is 42.4 Å². The minimum Gasteiger partial charge on any atom is -0.356 e. The summed E-state index contributed by atoms with van der Waals surface area (Å²) in [4.78, 5) is 8.60. The summed E-state index contributed by atoms with van der Waals surface area (Å²) in [5.74, 6) is 2.06. The van der Waals surface area contributed by atoms with Crippen molar-refractivity contribution in [2.75, 3.05) is 13.6 Å². The van der Waals surface area contributed by atoms with E-state index in [0.29, 0.717) is 12.4 Å². The van der Waals surface area contributed by atoms with Gasteiger partial charge in [0.2, 0.25) is 0 Å². The summed E-state index contributed by atoms with van der Waals surface area (Å²) >= 11 is 0. The van der Waals surface area contributed by atoms with Crippen molar-refractivity contribution in [1.29, 1.82) is 0 Å². The Morgan fingerprint density at radius 2 is 1.96 bits per heavy atom. The molecule has 0 saturated heterocycles. The Morgan fingerprint density at radius 1 is 1.18 bits per heavy atom. The maximum atomic E-state index is 5.27. The molecule has 0 spiro atoms. The number of guanidine groups is 1. The van der Waals surface area contributed by atoms with Gasteiger partial charge >= 0.3 is 0 Å². The molecule has 3 rings (SSSR count). The molecule has 0 aliphatic rings. The molecule has 8 nitrogen and oxygen atoms in total. The van der Waals surface area contributed by atoms with Crippen molar-refractivity contribution in [2.45, 2.75) is 26.3 Å². The van der Waals surface area contributed by atoms with Crippen molar-refractivity contribution in [3.8, 4) is 11.5 Å². The summed E-state index contributed by atoms with van der Waals surface area (Å²) in [7, 11) is 3.69. The molecular formula is C19H26IN7O. The van der Waals surface area contributed by atoms with Crippen LogP contribution in [0.15, 0.2) is 46.0 Å². The Kier molecular flexibility index (Phi) is 8.42. The third-order valence-corrected chi connectivity index (χ3v) is 4.27. The van der Waals surface area contributed by atoms with Crippen LogP contribution in [-0.2, 0) is 26.4 Å². The summed E-state index contributed by atoms with van der Waals surface area (Å²) in [5, 5.41) is 14.7. The summed E-state index contributed by atoms with van der Waals surface area (Å²) in [5.41, 5.74) is 3.26. The maximum absolute atomic E-state index is 5.27. The van der Waals surface area contributed by atoms with E-state index in [9.17, 15) is 0 Å². The van der Waals surface area contributed by atoms with Crippen LogP contribution in [0.1, 0.15) is 24.0 Å². The molecule has 9 heteroatoms. The van der Waals surface area contributed by atoms with Gasteiger partial charge in [-0.15, -0.1) is 24.0 Å². The summed E-state index contributed by atoms with van der Waals surface area (Å²) < 4.78 is 7.11. The molecule has 0 fully saturated rings. The van der Waals surface area contributed by atoms with E-state index < -0.39 is 0 Å². The van der Waals surface area contributed by atoms with Crippen LogP contribution in [0.3, 0.4) is 0 Å². The predicted octanol–water partition coefficient (Wildman–Crippen LogP) is 2.56. The van der Waals surface area contributed by atoms with Crippen LogP contribution in [0.4, 0.5) is 0 Å². The highest BCUT2D eigenvalue weighted by molar-refractivity contribution is 14.0. The number of nitrogens with zero attached hydrogens (tertiary/aromatic N) is 5. The van der Waals surface area contributed by atoms with Crippen LogP contribution in [0, 0.1) is 0 Å². The Labute approximate surface area is 181 Å². The molecule has 0 aliphatic carbocycles. The fourth-order valence-corrected chi connectivity index (χ4v) is 2.62. The molecular weight excluding hydrogens is 469 g/mol. The lowest BCUT2D eigenvalue weighted by molar-refractivity contribution is 0.423. The standard InChI is InChI=1S/C19H25N7O.HI/c1-4-17-24-18(27-25-17)15-7-5-14(6-8-15)9-11-21-19(20-2)22-13-16-10-12-23-26(16)3;/h5-8,10,12H,4,9,11,13H2,1-3H3,(H2,20,21,22);1H. The molecule has 2 N–H and O–H groups in total. The molecule has 0 amide bonds. The van der Waals surface area contributed by atoms with Gasteiger partial charge in [0.15, 0.2) is 11.8 Å². The summed E-state index contributed by atoms with van der Waals surface area (Å²) in [6.07, 6.45) is 3.44. The number of benzene rings is 1. The minimum absolute atomic E-state index is 0. The molecule has 0 saturated carbocycles. The Morgan fingerprint density at radius 3 is 2.57 bits per heavy atom. The van der Waals surface area contributed by atoms with E-state index in [1.807, 2.05) is 36.9 Å². The topological polar surface area (TPSA) is 93.2 Å². The van der Waals surface area contributed by atoms with Gasteiger partial charge in [0.1, 0.15) is 0 Å². The first kappa shape index (κ1) is 21.9. The van der Waals surface area contributed by atoms with Crippen molar-refractivity contribution >= 4 is 29.9 Å². The molecule has 2 aromatic heterocycles. The number of aliphatic imine (C=N–C) groups is 1. The second-order valence-corrected chi connectivity index (χ2v) is 6.11. The van der Waals surface area contributed by atoms with Crippen molar-refractivity contribution in [3.63, 3.8) is 0 Å². The van der Waals surface area contributed by atoms with E-state index in [1.54, 1.807) is 13.2 Å². The van der Waals surface area contributed by atoms with E-state index >= 15 is 0 Å². The number of halogens is 1. The fraction of sp³-hybridized carbons (Fsp3) is 0.368. The average Bonchev–Trinajstić information content (AvgIpc) is 3.34. The molecule has 1 aromatic carbocycles. The zero-order valence-corrected chi connectivity index (χ0v) is 18.7. The Hall–Kier alpha value is -2.43. The first-order valence-electron chi connectivity index (χ1n) is 9.03. The van der Waals surface area contributed by atoms with Gasteiger partial charge in [-0.25, -0.2) is 0 Å². The van der Waals surface area contributed by atoms with Crippen molar-refractivity contribution in [1.82, 2.24) is 30.6 Å². The largest absolute Gasteiger partial charge is 0.356 e. The highest BCUT2D eigenvalue weighted by atomic mass is 127. The monoisotopic (exact) mass is 495 g/mol. The lowest BCUT2D eigenvalue weighted by atomic mass is 10.1. The smallest absolute Gasteiger partial charge is 0.257 e. The second kappa shape index (κ2) is 10.8. The van der Waals surface area contributed by atoms with E-state index in [-0.39, 0.29) is 24.0 Å². The van der Waals surface area contributed by atoms with Gasteiger partial charge in [-0.2, -0.15) is 10.1 Å². The van der Waals surface area contributed by atoms with Gasteiger partial charge in [0.25, 0.3) is 5.89 Å². The van der Waals surface area contributed by atoms with E-state index in [2.05, 4.69) is 43.0 Å². The number of aryl methyl sites for hydroxylation is 2. The zero-order valence-electron chi connectivity index (χ0n) is 16.3. The van der Waals surface area contributed by atoms with Gasteiger partial charge in [0.05, 0.1) is 12.2 Å². The van der Waals surface area contributed by atoms with Crippen LogP contribution in [0.5, 0.6) is 0 Å². The number of nitrogens with one attached hydrogen (secondary N) is 2. The third-order valence-electron chi connectivity index (χ3n) is 4.27. The van der Waals surface area contributed by atoms with Crippen LogP contribution in [-0.4, -0.2) is 39.5 Å². The van der Waals surface area contributed by atoms with Crippen molar-refractivity contribution in [2.24, 2.45) is 12.0 Å². The van der Waals surface area contributed by atoms with E-state index in [1.165, 1.54) is 5.56 Å². The molecule has 150 valence electrons. The Bertz CT molecular complexity index is 886. The van der Waals surface area contributed by atoms with Crippen LogP contribution < -0.4 is 10.6 Å². The number of aromatic nitrogens is 4. The third kappa shape index (κ3) is 5.78. The van der Waals surface area contributed by atoms with Gasteiger partial charge in [-0.1, -0.05) is 24.2 Å². The molecule has 2 heterocycles.